The van der Waals surface area contributed by atoms with Crippen molar-refractivity contribution in [3.8, 4) is 0 Å². The average Bonchev–Trinajstić information content (AvgIpc) is 2.69. The number of hydrogen-bond acceptors (Lipinski definition) is 0. The Bertz CT molecular complexity index is 494. The summed E-state index contributed by atoms with van der Waals surface area (Å²) in [4.78, 5) is 0. The van der Waals surface area contributed by atoms with E-state index < -0.39 is 0 Å². The summed E-state index contributed by atoms with van der Waals surface area (Å²) in [7, 11) is 0. The first-order valence-electron chi connectivity index (χ1n) is 6.98. The summed E-state index contributed by atoms with van der Waals surface area (Å²) in [5.41, 5.74) is 5.82. The lowest BCUT2D eigenvalue weighted by atomic mass is 10.1. The Morgan fingerprint density at radius 1 is 1.06 bits per heavy atom. The molecule has 0 saturated carbocycles. The van der Waals surface area contributed by atoms with Crippen LogP contribution in [0, 0.1) is 6.92 Å². The molecule has 1 nitrogen and oxygen atoms in total. The number of benzene rings is 1. The monoisotopic (exact) mass is 241 g/mol. The molecule has 1 heteroatoms. The normalized spacial score (nSPS) is 10.8. The number of rotatable bonds is 5. The first-order chi connectivity index (χ1) is 8.76. The van der Waals surface area contributed by atoms with Crippen LogP contribution in [0.4, 0.5) is 0 Å². The van der Waals surface area contributed by atoms with E-state index >= 15 is 0 Å². The van der Waals surface area contributed by atoms with E-state index in [9.17, 15) is 0 Å². The standard InChI is InChI=1S/C17H23N/c1-4-9-17-16(5-2)12-14(3)18(17)13-15-10-7-6-8-11-15/h6-8,10-12H,4-5,9,13H2,1-3H3. The van der Waals surface area contributed by atoms with Crippen LogP contribution < -0.4 is 0 Å². The fourth-order valence-corrected chi connectivity index (χ4v) is 2.62. The highest BCUT2D eigenvalue weighted by atomic mass is 15.0. The van der Waals surface area contributed by atoms with Gasteiger partial charge in [0.2, 0.25) is 0 Å². The van der Waals surface area contributed by atoms with Gasteiger partial charge in [-0.2, -0.15) is 0 Å². The van der Waals surface area contributed by atoms with E-state index in [0.29, 0.717) is 0 Å². The van der Waals surface area contributed by atoms with E-state index in [0.717, 1.165) is 13.0 Å². The zero-order valence-corrected chi connectivity index (χ0v) is 11.7. The predicted molar refractivity (Wildman–Crippen MR) is 78.1 cm³/mol. The van der Waals surface area contributed by atoms with Gasteiger partial charge in [0.05, 0.1) is 0 Å². The summed E-state index contributed by atoms with van der Waals surface area (Å²) in [6.45, 7) is 7.73. The van der Waals surface area contributed by atoms with Crippen molar-refractivity contribution in [1.29, 1.82) is 0 Å². The van der Waals surface area contributed by atoms with Crippen LogP contribution in [0.5, 0.6) is 0 Å². The molecule has 0 atom stereocenters. The second-order valence-electron chi connectivity index (χ2n) is 4.93. The van der Waals surface area contributed by atoms with Gasteiger partial charge in [0, 0.05) is 17.9 Å². The van der Waals surface area contributed by atoms with Crippen LogP contribution in [-0.4, -0.2) is 4.57 Å². The van der Waals surface area contributed by atoms with Crippen molar-refractivity contribution in [3.05, 3.63) is 58.9 Å². The topological polar surface area (TPSA) is 4.93 Å². The second-order valence-corrected chi connectivity index (χ2v) is 4.93. The number of nitrogens with zero attached hydrogens (tertiary/aromatic N) is 1. The molecule has 0 saturated heterocycles. The summed E-state index contributed by atoms with van der Waals surface area (Å²) in [6, 6.07) is 13.1. The van der Waals surface area contributed by atoms with E-state index in [2.05, 4.69) is 61.7 Å². The Labute approximate surface area is 110 Å². The molecule has 0 spiro atoms. The van der Waals surface area contributed by atoms with Crippen molar-refractivity contribution in [2.24, 2.45) is 0 Å². The largest absolute Gasteiger partial charge is 0.344 e. The van der Waals surface area contributed by atoms with E-state index in [1.807, 2.05) is 0 Å². The number of aryl methyl sites for hydroxylation is 2. The lowest BCUT2D eigenvalue weighted by Gasteiger charge is -2.12. The summed E-state index contributed by atoms with van der Waals surface area (Å²) >= 11 is 0. The van der Waals surface area contributed by atoms with Crippen molar-refractivity contribution in [1.82, 2.24) is 4.57 Å². The molecular weight excluding hydrogens is 218 g/mol. The van der Waals surface area contributed by atoms with Gasteiger partial charge in [-0.3, -0.25) is 0 Å². The third-order valence-electron chi connectivity index (χ3n) is 3.56. The maximum absolute atomic E-state index is 2.48. The second kappa shape index (κ2) is 5.90. The fraction of sp³-hybridized carbons (Fsp3) is 0.412. The summed E-state index contributed by atoms with van der Waals surface area (Å²) in [5, 5.41) is 0. The highest BCUT2D eigenvalue weighted by Gasteiger charge is 2.10. The molecule has 2 aromatic rings. The Morgan fingerprint density at radius 3 is 2.39 bits per heavy atom. The van der Waals surface area contributed by atoms with Gasteiger partial charge in [0.15, 0.2) is 0 Å². The third kappa shape index (κ3) is 2.66. The Hall–Kier alpha value is -1.50. The maximum Gasteiger partial charge on any atom is 0.0475 e. The first kappa shape index (κ1) is 12.9. The highest BCUT2D eigenvalue weighted by Crippen LogP contribution is 2.20. The van der Waals surface area contributed by atoms with Crippen molar-refractivity contribution >= 4 is 0 Å². The Kier molecular flexibility index (Phi) is 4.24. The van der Waals surface area contributed by atoms with Gasteiger partial charge < -0.3 is 4.57 Å². The first-order valence-corrected chi connectivity index (χ1v) is 6.98. The van der Waals surface area contributed by atoms with Crippen LogP contribution in [0.2, 0.25) is 0 Å². The molecule has 96 valence electrons. The van der Waals surface area contributed by atoms with Crippen molar-refractivity contribution < 1.29 is 0 Å². The Morgan fingerprint density at radius 2 is 1.78 bits per heavy atom. The molecule has 1 aromatic carbocycles. The maximum atomic E-state index is 2.48. The molecule has 2 rings (SSSR count). The van der Waals surface area contributed by atoms with Crippen molar-refractivity contribution in [2.75, 3.05) is 0 Å². The third-order valence-corrected chi connectivity index (χ3v) is 3.56. The van der Waals surface area contributed by atoms with Gasteiger partial charge in [-0.1, -0.05) is 50.6 Å². The van der Waals surface area contributed by atoms with Gasteiger partial charge in [-0.25, -0.2) is 0 Å². The molecule has 0 fully saturated rings. The van der Waals surface area contributed by atoms with Crippen molar-refractivity contribution in [3.63, 3.8) is 0 Å². The molecule has 0 amide bonds. The van der Waals surface area contributed by atoms with Crippen LogP contribution in [0.1, 0.15) is 42.8 Å². The molecule has 1 aromatic heterocycles. The van der Waals surface area contributed by atoms with Crippen molar-refractivity contribution in [2.45, 2.75) is 46.6 Å². The van der Waals surface area contributed by atoms with E-state index in [4.69, 9.17) is 0 Å². The van der Waals surface area contributed by atoms with Crippen LogP contribution in [0.15, 0.2) is 36.4 Å². The lowest BCUT2D eigenvalue weighted by molar-refractivity contribution is 0.700. The minimum absolute atomic E-state index is 1.00. The van der Waals surface area contributed by atoms with Gasteiger partial charge >= 0.3 is 0 Å². The fourth-order valence-electron chi connectivity index (χ4n) is 2.62. The molecule has 0 bridgehead atoms. The summed E-state index contributed by atoms with van der Waals surface area (Å²) < 4.78 is 2.48. The molecule has 0 aliphatic heterocycles. The molecule has 18 heavy (non-hydrogen) atoms. The Balaban J connectivity index is 2.34. The van der Waals surface area contributed by atoms with Crippen LogP contribution in [0.3, 0.4) is 0 Å². The van der Waals surface area contributed by atoms with E-state index in [1.54, 1.807) is 0 Å². The van der Waals surface area contributed by atoms with Gasteiger partial charge in [0.25, 0.3) is 0 Å². The van der Waals surface area contributed by atoms with Gasteiger partial charge in [-0.15, -0.1) is 0 Å². The van der Waals surface area contributed by atoms with Crippen LogP contribution in [0.25, 0.3) is 0 Å². The summed E-state index contributed by atoms with van der Waals surface area (Å²) in [6.07, 6.45) is 3.53. The quantitative estimate of drug-likeness (QED) is 0.733. The molecule has 0 N–H and O–H groups in total. The molecule has 0 aliphatic carbocycles. The zero-order chi connectivity index (χ0) is 13.0. The molecule has 0 aliphatic rings. The molecule has 1 heterocycles. The molecule has 0 radical (unpaired) electrons. The van der Waals surface area contributed by atoms with E-state index in [1.165, 1.54) is 35.4 Å². The molecular formula is C17H23N. The lowest BCUT2D eigenvalue weighted by Crippen LogP contribution is -2.07. The minimum Gasteiger partial charge on any atom is -0.344 e. The average molecular weight is 241 g/mol. The van der Waals surface area contributed by atoms with Gasteiger partial charge in [-0.05, 0) is 37.0 Å². The smallest absolute Gasteiger partial charge is 0.0475 e. The number of aromatic nitrogens is 1. The SMILES string of the molecule is CCCc1c(CC)cc(C)n1Cc1ccccc1. The zero-order valence-electron chi connectivity index (χ0n) is 11.7. The number of hydrogen-bond donors (Lipinski definition) is 0. The predicted octanol–water partition coefficient (Wildman–Crippen LogP) is 4.36. The van der Waals surface area contributed by atoms with Gasteiger partial charge in [0.1, 0.15) is 0 Å². The van der Waals surface area contributed by atoms with Crippen LogP contribution >= 0.6 is 0 Å². The minimum atomic E-state index is 1.00. The van der Waals surface area contributed by atoms with Crippen LogP contribution in [-0.2, 0) is 19.4 Å². The van der Waals surface area contributed by atoms with E-state index in [-0.39, 0.29) is 0 Å². The highest BCUT2D eigenvalue weighted by molar-refractivity contribution is 5.29. The molecule has 0 unspecified atom stereocenters. The summed E-state index contributed by atoms with van der Waals surface area (Å²) in [5.74, 6) is 0.